The molecule has 0 saturated heterocycles. The van der Waals surface area contributed by atoms with Crippen molar-refractivity contribution in [3.8, 4) is 11.5 Å². The second-order valence-electron chi connectivity index (χ2n) is 4.83. The van der Waals surface area contributed by atoms with Gasteiger partial charge in [-0.1, -0.05) is 0 Å². The average Bonchev–Trinajstić information content (AvgIpc) is 2.47. The van der Waals surface area contributed by atoms with Gasteiger partial charge in [0.2, 0.25) is 0 Å². The summed E-state index contributed by atoms with van der Waals surface area (Å²) in [6.07, 6.45) is 0. The van der Waals surface area contributed by atoms with Crippen molar-refractivity contribution < 1.29 is 22.3 Å². The molecule has 130 valence electrons. The van der Waals surface area contributed by atoms with Crippen molar-refractivity contribution in [3.63, 3.8) is 0 Å². The van der Waals surface area contributed by atoms with Crippen molar-refractivity contribution in [1.29, 1.82) is 0 Å². The maximum Gasteiger partial charge on any atom is 0.264 e. The molecule has 0 aromatic heterocycles. The van der Waals surface area contributed by atoms with Gasteiger partial charge in [-0.25, -0.2) is 12.8 Å². The van der Waals surface area contributed by atoms with Gasteiger partial charge in [-0.2, -0.15) is 0 Å². The minimum atomic E-state index is -3.97. The number of anilines is 1. The van der Waals surface area contributed by atoms with Crippen LogP contribution in [0.5, 0.6) is 11.5 Å². The largest absolute Gasteiger partial charge is 0.493 e. The van der Waals surface area contributed by atoms with E-state index >= 15 is 0 Å². The fourth-order valence-corrected chi connectivity index (χ4v) is 5.72. The van der Waals surface area contributed by atoms with Gasteiger partial charge in [-0.15, -0.1) is 0 Å². The fraction of sp³-hybridized carbons (Fsp3) is 0.200. The summed E-state index contributed by atoms with van der Waals surface area (Å²) < 4.78 is 51.8. The number of benzene rings is 2. The van der Waals surface area contributed by atoms with E-state index in [-0.39, 0.29) is 13.8 Å². The lowest BCUT2D eigenvalue weighted by molar-refractivity contribution is 0.355. The molecule has 0 radical (unpaired) electrons. The zero-order valence-corrected chi connectivity index (χ0v) is 17.0. The molecule has 0 aliphatic heterocycles. The van der Waals surface area contributed by atoms with Crippen LogP contribution in [0, 0.1) is 12.7 Å². The number of rotatable bonds is 5. The Morgan fingerprint density at radius 1 is 1.00 bits per heavy atom. The third-order valence-electron chi connectivity index (χ3n) is 3.21. The van der Waals surface area contributed by atoms with Crippen LogP contribution in [0.15, 0.2) is 38.1 Å². The topological polar surface area (TPSA) is 64.6 Å². The number of hydrogen-bond donors (Lipinski definition) is 1. The van der Waals surface area contributed by atoms with Crippen molar-refractivity contribution in [2.75, 3.05) is 18.9 Å². The van der Waals surface area contributed by atoms with Gasteiger partial charge in [0, 0.05) is 15.0 Å². The Balaban J connectivity index is 2.51. The highest BCUT2D eigenvalue weighted by Gasteiger charge is 2.23. The predicted octanol–water partition coefficient (Wildman–Crippen LogP) is 4.48. The molecule has 0 aliphatic carbocycles. The molecule has 0 saturated carbocycles. The molecule has 1 N–H and O–H groups in total. The van der Waals surface area contributed by atoms with Crippen LogP contribution in [0.25, 0.3) is 0 Å². The van der Waals surface area contributed by atoms with Crippen molar-refractivity contribution in [2.45, 2.75) is 11.8 Å². The van der Waals surface area contributed by atoms with Crippen molar-refractivity contribution in [3.05, 3.63) is 44.6 Å². The zero-order valence-electron chi connectivity index (χ0n) is 13.0. The monoisotopic (exact) mass is 481 g/mol. The highest BCUT2D eigenvalue weighted by molar-refractivity contribution is 9.11. The molecule has 2 aromatic carbocycles. The summed E-state index contributed by atoms with van der Waals surface area (Å²) in [6, 6.07) is 5.35. The second-order valence-corrected chi connectivity index (χ2v) is 8.15. The Labute approximate surface area is 156 Å². The smallest absolute Gasteiger partial charge is 0.264 e. The lowest BCUT2D eigenvalue weighted by Gasteiger charge is -2.16. The van der Waals surface area contributed by atoms with E-state index in [0.717, 1.165) is 12.1 Å². The van der Waals surface area contributed by atoms with Gasteiger partial charge < -0.3 is 9.47 Å². The molecular formula is C15H14Br2FNO4S. The summed E-state index contributed by atoms with van der Waals surface area (Å²) in [4.78, 5) is -0.0990. The number of methoxy groups -OCH3 is 2. The van der Waals surface area contributed by atoms with Crippen molar-refractivity contribution in [1.82, 2.24) is 0 Å². The van der Waals surface area contributed by atoms with Crippen LogP contribution < -0.4 is 14.2 Å². The van der Waals surface area contributed by atoms with Crippen LogP contribution in [-0.4, -0.2) is 22.6 Å². The number of sulfonamides is 1. The Hall–Kier alpha value is -1.32. The summed E-state index contributed by atoms with van der Waals surface area (Å²) in [5.41, 5.74) is 0.973. The van der Waals surface area contributed by atoms with E-state index in [1.807, 2.05) is 0 Å². The van der Waals surface area contributed by atoms with E-state index in [9.17, 15) is 12.8 Å². The van der Waals surface area contributed by atoms with Crippen LogP contribution >= 0.6 is 31.9 Å². The van der Waals surface area contributed by atoms with Gasteiger partial charge in [0.25, 0.3) is 10.0 Å². The first-order valence-electron chi connectivity index (χ1n) is 6.59. The maximum absolute atomic E-state index is 13.4. The first kappa shape index (κ1) is 19.0. The quantitative estimate of drug-likeness (QED) is 0.682. The van der Waals surface area contributed by atoms with Crippen LogP contribution in [0.1, 0.15) is 5.56 Å². The van der Waals surface area contributed by atoms with Crippen LogP contribution in [0.2, 0.25) is 0 Å². The summed E-state index contributed by atoms with van der Waals surface area (Å²) >= 11 is 6.17. The Kier molecular flexibility index (Phi) is 5.77. The third kappa shape index (κ3) is 3.84. The van der Waals surface area contributed by atoms with E-state index in [0.29, 0.717) is 22.7 Å². The van der Waals surface area contributed by atoms with Crippen molar-refractivity contribution >= 4 is 47.6 Å². The van der Waals surface area contributed by atoms with Crippen molar-refractivity contribution in [2.24, 2.45) is 0 Å². The number of hydrogen-bond acceptors (Lipinski definition) is 4. The SMILES string of the molecule is COc1cc(C)c(NS(=O)(=O)c2c(Br)cc(F)cc2Br)cc1OC. The molecule has 0 amide bonds. The summed E-state index contributed by atoms with van der Waals surface area (Å²) in [7, 11) is -1.01. The molecule has 2 aromatic rings. The van der Waals surface area contributed by atoms with Gasteiger partial charge in [-0.05, 0) is 62.5 Å². The minimum absolute atomic E-state index is 0.0990. The van der Waals surface area contributed by atoms with Gasteiger partial charge in [-0.3, -0.25) is 4.72 Å². The average molecular weight is 483 g/mol. The molecule has 9 heteroatoms. The van der Waals surface area contributed by atoms with Gasteiger partial charge in [0.1, 0.15) is 10.7 Å². The van der Waals surface area contributed by atoms with E-state index in [1.165, 1.54) is 20.3 Å². The number of nitrogens with one attached hydrogen (secondary N) is 1. The lowest BCUT2D eigenvalue weighted by Crippen LogP contribution is -2.15. The Morgan fingerprint density at radius 3 is 2.00 bits per heavy atom. The predicted molar refractivity (Wildman–Crippen MR) is 96.9 cm³/mol. The normalized spacial score (nSPS) is 11.2. The molecule has 0 unspecified atom stereocenters. The summed E-state index contributed by atoms with van der Waals surface area (Å²) in [5, 5.41) is 0. The molecule has 0 aliphatic rings. The standard InChI is InChI=1S/C15H14Br2FNO4S/c1-8-4-13(22-2)14(23-3)7-12(8)19-24(20,21)15-10(16)5-9(18)6-11(15)17/h4-7,19H,1-3H3. The Morgan fingerprint density at radius 2 is 1.50 bits per heavy atom. The van der Waals surface area contributed by atoms with Gasteiger partial charge in [0.05, 0.1) is 19.9 Å². The summed E-state index contributed by atoms with van der Waals surface area (Å²) in [6.45, 7) is 1.73. The molecule has 24 heavy (non-hydrogen) atoms. The van der Waals surface area contributed by atoms with E-state index in [1.54, 1.807) is 13.0 Å². The molecule has 0 spiro atoms. The van der Waals surface area contributed by atoms with E-state index in [2.05, 4.69) is 36.6 Å². The van der Waals surface area contributed by atoms with Crippen LogP contribution in [0.4, 0.5) is 10.1 Å². The molecule has 5 nitrogen and oxygen atoms in total. The molecule has 0 fully saturated rings. The first-order chi connectivity index (χ1) is 11.2. The molecular weight excluding hydrogens is 469 g/mol. The van der Waals surface area contributed by atoms with Crippen LogP contribution in [-0.2, 0) is 10.0 Å². The van der Waals surface area contributed by atoms with E-state index < -0.39 is 15.8 Å². The highest BCUT2D eigenvalue weighted by Crippen LogP contribution is 2.36. The number of halogens is 3. The molecule has 0 bridgehead atoms. The van der Waals surface area contributed by atoms with Gasteiger partial charge >= 0.3 is 0 Å². The minimum Gasteiger partial charge on any atom is -0.493 e. The van der Waals surface area contributed by atoms with Crippen LogP contribution in [0.3, 0.4) is 0 Å². The number of ether oxygens (including phenoxy) is 2. The third-order valence-corrected chi connectivity index (χ3v) is 6.45. The Bertz CT molecular complexity index is 864. The molecule has 2 rings (SSSR count). The fourth-order valence-electron chi connectivity index (χ4n) is 2.07. The molecule has 0 atom stereocenters. The second kappa shape index (κ2) is 7.28. The number of aryl methyl sites for hydroxylation is 1. The lowest BCUT2D eigenvalue weighted by atomic mass is 10.2. The van der Waals surface area contributed by atoms with E-state index in [4.69, 9.17) is 9.47 Å². The zero-order chi connectivity index (χ0) is 18.1. The van der Waals surface area contributed by atoms with Gasteiger partial charge in [0.15, 0.2) is 11.5 Å². The maximum atomic E-state index is 13.4. The highest BCUT2D eigenvalue weighted by atomic mass is 79.9. The molecule has 0 heterocycles. The summed E-state index contributed by atoms with van der Waals surface area (Å²) in [5.74, 6) is 0.315. The first-order valence-corrected chi connectivity index (χ1v) is 9.66.